The zero-order valence-electron chi connectivity index (χ0n) is 14.5. The van der Waals surface area contributed by atoms with Crippen LogP contribution in [0.25, 0.3) is 32.0 Å². The first-order valence-corrected chi connectivity index (χ1v) is 11.2. The number of carbonyl (C=O) groups is 1. The Bertz CT molecular complexity index is 1260. The van der Waals surface area contributed by atoms with Crippen LogP contribution >= 0.6 is 34.0 Å². The quantitative estimate of drug-likeness (QED) is 0.367. The summed E-state index contributed by atoms with van der Waals surface area (Å²) in [7, 11) is 0. The number of hydrogen-bond donors (Lipinski definition) is 1. The summed E-state index contributed by atoms with van der Waals surface area (Å²) in [5, 5.41) is 10.4. The second-order valence-corrected chi connectivity index (χ2v) is 8.77. The third kappa shape index (κ3) is 3.24. The molecular weight excluding hydrogens is 406 g/mol. The summed E-state index contributed by atoms with van der Waals surface area (Å²) in [5.74, 6) is -0.177. The molecule has 0 saturated carbocycles. The molecule has 136 valence electrons. The molecule has 0 aliphatic rings. The van der Waals surface area contributed by atoms with Gasteiger partial charge in [-0.15, -0.1) is 34.0 Å². The highest BCUT2D eigenvalue weighted by molar-refractivity contribution is 7.16. The molecular formula is C21H13N3OS3. The van der Waals surface area contributed by atoms with Crippen LogP contribution in [-0.4, -0.2) is 15.9 Å². The number of nitrogens with zero attached hydrogens (tertiary/aromatic N) is 2. The monoisotopic (exact) mass is 419 g/mol. The minimum Gasteiger partial charge on any atom is -0.298 e. The first kappa shape index (κ1) is 17.2. The fraction of sp³-hybridized carbons (Fsp3) is 0. The average Bonchev–Trinajstić information content (AvgIpc) is 3.49. The van der Waals surface area contributed by atoms with E-state index in [2.05, 4.69) is 10.3 Å². The van der Waals surface area contributed by atoms with Gasteiger partial charge in [-0.05, 0) is 35.0 Å². The number of rotatable bonds is 4. The number of thiophene rings is 2. The Kier molecular flexibility index (Phi) is 4.48. The van der Waals surface area contributed by atoms with E-state index in [9.17, 15) is 4.79 Å². The number of para-hydroxylation sites is 1. The molecule has 5 aromatic rings. The SMILES string of the molecule is O=C(Nc1nc(-c2cccs2)cs1)c1cc(-c2cccs2)nc2ccccc12. The van der Waals surface area contributed by atoms with E-state index >= 15 is 0 Å². The molecule has 0 spiro atoms. The third-order valence-corrected chi connectivity index (χ3v) is 6.78. The highest BCUT2D eigenvalue weighted by atomic mass is 32.1. The lowest BCUT2D eigenvalue weighted by Crippen LogP contribution is -2.13. The Morgan fingerprint density at radius 3 is 2.32 bits per heavy atom. The first-order chi connectivity index (χ1) is 13.8. The summed E-state index contributed by atoms with van der Waals surface area (Å²) in [5.41, 5.74) is 3.09. The van der Waals surface area contributed by atoms with Crippen molar-refractivity contribution < 1.29 is 4.79 Å². The third-order valence-electron chi connectivity index (χ3n) is 4.23. The van der Waals surface area contributed by atoms with Crippen LogP contribution in [0.5, 0.6) is 0 Å². The van der Waals surface area contributed by atoms with Crippen LogP contribution < -0.4 is 5.32 Å². The van der Waals surface area contributed by atoms with E-state index in [1.54, 1.807) is 22.7 Å². The molecule has 0 saturated heterocycles. The lowest BCUT2D eigenvalue weighted by atomic mass is 10.1. The summed E-state index contributed by atoms with van der Waals surface area (Å²) < 4.78 is 0. The van der Waals surface area contributed by atoms with Gasteiger partial charge in [0.1, 0.15) is 0 Å². The molecule has 4 aromatic heterocycles. The molecule has 1 aromatic carbocycles. The Morgan fingerprint density at radius 1 is 0.821 bits per heavy atom. The lowest BCUT2D eigenvalue weighted by molar-refractivity contribution is 0.102. The lowest BCUT2D eigenvalue weighted by Gasteiger charge is -2.08. The Morgan fingerprint density at radius 2 is 1.57 bits per heavy atom. The molecule has 4 nitrogen and oxygen atoms in total. The number of benzene rings is 1. The van der Waals surface area contributed by atoms with Crippen LogP contribution in [0.15, 0.2) is 70.7 Å². The maximum absolute atomic E-state index is 13.1. The fourth-order valence-electron chi connectivity index (χ4n) is 2.95. The maximum atomic E-state index is 13.1. The molecule has 4 heterocycles. The van der Waals surface area contributed by atoms with Crippen LogP contribution in [0.1, 0.15) is 10.4 Å². The summed E-state index contributed by atoms with van der Waals surface area (Å²) in [6.07, 6.45) is 0. The summed E-state index contributed by atoms with van der Waals surface area (Å²) >= 11 is 4.67. The molecule has 0 unspecified atom stereocenters. The van der Waals surface area contributed by atoms with Crippen molar-refractivity contribution in [3.8, 4) is 21.1 Å². The van der Waals surface area contributed by atoms with E-state index in [4.69, 9.17) is 4.98 Å². The number of anilines is 1. The molecule has 5 rings (SSSR count). The van der Waals surface area contributed by atoms with Gasteiger partial charge in [-0.2, -0.15) is 0 Å². The number of carbonyl (C=O) groups excluding carboxylic acids is 1. The van der Waals surface area contributed by atoms with Crippen LogP contribution in [0.2, 0.25) is 0 Å². The molecule has 1 amide bonds. The standard InChI is InChI=1S/C21H13N3OS3/c25-20(24-21-23-17(12-28-21)19-8-4-10-27-19)14-11-16(18-7-3-9-26-18)22-15-6-2-1-5-13(14)15/h1-12H,(H,23,24,25). The number of pyridine rings is 1. The summed E-state index contributed by atoms with van der Waals surface area (Å²) in [6, 6.07) is 17.6. The van der Waals surface area contributed by atoms with Gasteiger partial charge < -0.3 is 0 Å². The zero-order chi connectivity index (χ0) is 18.9. The number of aromatic nitrogens is 2. The van der Waals surface area contributed by atoms with Crippen molar-refractivity contribution in [2.24, 2.45) is 0 Å². The topological polar surface area (TPSA) is 54.9 Å². The van der Waals surface area contributed by atoms with E-state index in [-0.39, 0.29) is 5.91 Å². The minimum atomic E-state index is -0.177. The molecule has 0 atom stereocenters. The van der Waals surface area contributed by atoms with Crippen LogP contribution in [0, 0.1) is 0 Å². The van der Waals surface area contributed by atoms with Gasteiger partial charge in [0.2, 0.25) is 0 Å². The van der Waals surface area contributed by atoms with Crippen molar-refractivity contribution in [3.05, 3.63) is 76.3 Å². The van der Waals surface area contributed by atoms with Gasteiger partial charge >= 0.3 is 0 Å². The molecule has 0 fully saturated rings. The van der Waals surface area contributed by atoms with E-state index in [0.717, 1.165) is 32.0 Å². The van der Waals surface area contributed by atoms with Gasteiger partial charge in [0.05, 0.1) is 32.2 Å². The van der Waals surface area contributed by atoms with Crippen LogP contribution in [-0.2, 0) is 0 Å². The molecule has 7 heteroatoms. The van der Waals surface area contributed by atoms with Gasteiger partial charge in [0, 0.05) is 10.8 Å². The van der Waals surface area contributed by atoms with Crippen molar-refractivity contribution in [1.29, 1.82) is 0 Å². The van der Waals surface area contributed by atoms with Crippen molar-refractivity contribution in [3.63, 3.8) is 0 Å². The highest BCUT2D eigenvalue weighted by Crippen LogP contribution is 2.30. The van der Waals surface area contributed by atoms with E-state index in [1.165, 1.54) is 11.3 Å². The van der Waals surface area contributed by atoms with Crippen LogP contribution in [0.4, 0.5) is 5.13 Å². The van der Waals surface area contributed by atoms with Crippen LogP contribution in [0.3, 0.4) is 0 Å². The molecule has 0 radical (unpaired) electrons. The Hall–Kier alpha value is -2.87. The van der Waals surface area contributed by atoms with Crippen molar-refractivity contribution in [2.45, 2.75) is 0 Å². The normalized spacial score (nSPS) is 11.0. The molecule has 0 bridgehead atoms. The highest BCUT2D eigenvalue weighted by Gasteiger charge is 2.16. The summed E-state index contributed by atoms with van der Waals surface area (Å²) in [4.78, 5) is 24.5. The molecule has 0 aliphatic carbocycles. The molecule has 0 aliphatic heterocycles. The predicted octanol–water partition coefficient (Wildman–Crippen LogP) is 6.40. The average molecular weight is 420 g/mol. The number of nitrogens with one attached hydrogen (secondary N) is 1. The number of thiazole rings is 1. The predicted molar refractivity (Wildman–Crippen MR) is 118 cm³/mol. The van der Waals surface area contributed by atoms with Gasteiger partial charge in [0.25, 0.3) is 5.91 Å². The largest absolute Gasteiger partial charge is 0.298 e. The van der Waals surface area contributed by atoms with Gasteiger partial charge in [-0.1, -0.05) is 30.3 Å². The van der Waals surface area contributed by atoms with Gasteiger partial charge in [-0.3, -0.25) is 10.1 Å². The Labute approximate surface area is 173 Å². The van der Waals surface area contributed by atoms with Crippen molar-refractivity contribution in [2.75, 3.05) is 5.32 Å². The second kappa shape index (κ2) is 7.27. The first-order valence-electron chi connectivity index (χ1n) is 8.52. The van der Waals surface area contributed by atoms with Crippen molar-refractivity contribution >= 4 is 56.0 Å². The molecule has 28 heavy (non-hydrogen) atoms. The summed E-state index contributed by atoms with van der Waals surface area (Å²) in [6.45, 7) is 0. The second-order valence-electron chi connectivity index (χ2n) is 6.02. The van der Waals surface area contributed by atoms with E-state index in [1.807, 2.05) is 70.7 Å². The Balaban J connectivity index is 1.52. The number of fused-ring (bicyclic) bond motifs is 1. The zero-order valence-corrected chi connectivity index (χ0v) is 16.9. The van der Waals surface area contributed by atoms with Gasteiger partial charge in [-0.25, -0.2) is 9.97 Å². The smallest absolute Gasteiger partial charge is 0.258 e. The van der Waals surface area contributed by atoms with Gasteiger partial charge in [0.15, 0.2) is 5.13 Å². The van der Waals surface area contributed by atoms with E-state index in [0.29, 0.717) is 10.7 Å². The number of amides is 1. The minimum absolute atomic E-state index is 0.177. The van der Waals surface area contributed by atoms with E-state index < -0.39 is 0 Å². The molecule has 1 N–H and O–H groups in total. The van der Waals surface area contributed by atoms with Crippen molar-refractivity contribution in [1.82, 2.24) is 9.97 Å². The number of hydrogen-bond acceptors (Lipinski definition) is 6. The fourth-order valence-corrected chi connectivity index (χ4v) is 5.10. The maximum Gasteiger partial charge on any atom is 0.258 e.